The van der Waals surface area contributed by atoms with Crippen LogP contribution in [0.15, 0.2) is 35.9 Å². The first-order valence-electron chi connectivity index (χ1n) is 6.35. The van der Waals surface area contributed by atoms with E-state index in [0.29, 0.717) is 11.5 Å². The van der Waals surface area contributed by atoms with Crippen LogP contribution < -0.4 is 5.32 Å². The third-order valence-electron chi connectivity index (χ3n) is 2.65. The Kier molecular flexibility index (Phi) is 5.11. The number of nitrogens with zero attached hydrogens (tertiary/aromatic N) is 3. The van der Waals surface area contributed by atoms with Gasteiger partial charge in [0.15, 0.2) is 11.7 Å². The molecule has 22 heavy (non-hydrogen) atoms. The predicted octanol–water partition coefficient (Wildman–Crippen LogP) is 2.21. The molecule has 2 heterocycles. The number of nitriles is 1. The molecular formula is C15H12N4O2S. The molecule has 1 N–H and O–H groups in total. The number of carbonyl (C=O) groups is 2. The maximum Gasteiger partial charge on any atom is 0.250 e. The van der Waals surface area contributed by atoms with Gasteiger partial charge in [-0.15, -0.1) is 11.3 Å². The summed E-state index contributed by atoms with van der Waals surface area (Å²) in [5.41, 5.74) is 0.623. The van der Waals surface area contributed by atoms with Crippen LogP contribution in [0.25, 0.3) is 6.08 Å². The largest absolute Gasteiger partial charge is 0.309 e. The van der Waals surface area contributed by atoms with Crippen molar-refractivity contribution in [2.45, 2.75) is 6.92 Å². The number of rotatable bonds is 5. The van der Waals surface area contributed by atoms with Gasteiger partial charge in [0.2, 0.25) is 0 Å². The summed E-state index contributed by atoms with van der Waals surface area (Å²) >= 11 is 1.45. The van der Waals surface area contributed by atoms with E-state index >= 15 is 0 Å². The Hall–Kier alpha value is -2.85. The van der Waals surface area contributed by atoms with Gasteiger partial charge >= 0.3 is 0 Å². The van der Waals surface area contributed by atoms with E-state index in [1.54, 1.807) is 29.6 Å². The van der Waals surface area contributed by atoms with E-state index < -0.39 is 17.6 Å². The molecule has 7 heteroatoms. The van der Waals surface area contributed by atoms with Crippen molar-refractivity contribution in [1.82, 2.24) is 9.97 Å². The molecule has 110 valence electrons. The number of allylic oxidation sites excluding steroid dienone is 1. The van der Waals surface area contributed by atoms with Crippen LogP contribution in [0.2, 0.25) is 0 Å². The summed E-state index contributed by atoms with van der Waals surface area (Å²) in [6.45, 7) is 1.85. The van der Waals surface area contributed by atoms with Gasteiger partial charge in [-0.25, -0.2) is 9.97 Å². The van der Waals surface area contributed by atoms with Crippen LogP contribution in [0, 0.1) is 24.2 Å². The maximum atomic E-state index is 12.0. The SMILES string of the molecule is Cc1nc(/C=C\C(=O)[C@@H](C#N)C(=O)Nc2ccccn2)cs1. The molecular weight excluding hydrogens is 300 g/mol. The van der Waals surface area contributed by atoms with Gasteiger partial charge in [-0.1, -0.05) is 6.07 Å². The number of aromatic nitrogens is 2. The lowest BCUT2D eigenvalue weighted by Crippen LogP contribution is -2.27. The molecule has 1 amide bonds. The van der Waals surface area contributed by atoms with E-state index in [2.05, 4.69) is 15.3 Å². The molecule has 2 rings (SSSR count). The van der Waals surface area contributed by atoms with Crippen molar-refractivity contribution >= 4 is 34.9 Å². The van der Waals surface area contributed by atoms with Gasteiger partial charge in [0, 0.05) is 11.6 Å². The molecule has 0 fully saturated rings. The zero-order valence-electron chi connectivity index (χ0n) is 11.7. The van der Waals surface area contributed by atoms with Crippen LogP contribution in [-0.2, 0) is 9.59 Å². The molecule has 0 aliphatic carbocycles. The fourth-order valence-corrected chi connectivity index (χ4v) is 2.19. The molecule has 0 aromatic carbocycles. The van der Waals surface area contributed by atoms with E-state index in [4.69, 9.17) is 5.26 Å². The Bertz CT molecular complexity index is 746. The number of amides is 1. The molecule has 0 aliphatic rings. The molecule has 0 spiro atoms. The summed E-state index contributed by atoms with van der Waals surface area (Å²) < 4.78 is 0. The number of pyridine rings is 1. The number of hydrogen-bond acceptors (Lipinski definition) is 6. The quantitative estimate of drug-likeness (QED) is 0.674. The Labute approximate surface area is 131 Å². The van der Waals surface area contributed by atoms with Crippen LogP contribution in [0.5, 0.6) is 0 Å². The summed E-state index contributed by atoms with van der Waals surface area (Å²) in [6.07, 6.45) is 4.19. The fraction of sp³-hybridized carbons (Fsp3) is 0.133. The zero-order chi connectivity index (χ0) is 15.9. The summed E-state index contributed by atoms with van der Waals surface area (Å²) in [6, 6.07) is 6.67. The highest BCUT2D eigenvalue weighted by atomic mass is 32.1. The van der Waals surface area contributed by atoms with Gasteiger partial charge in [-0.05, 0) is 31.2 Å². The van der Waals surface area contributed by atoms with Gasteiger partial charge < -0.3 is 5.32 Å². The van der Waals surface area contributed by atoms with E-state index in [9.17, 15) is 9.59 Å². The van der Waals surface area contributed by atoms with Crippen molar-refractivity contribution in [3.63, 3.8) is 0 Å². The number of nitrogens with one attached hydrogen (secondary N) is 1. The van der Waals surface area contributed by atoms with Crippen LogP contribution in [0.4, 0.5) is 5.82 Å². The van der Waals surface area contributed by atoms with Gasteiger partial charge in [-0.3, -0.25) is 9.59 Å². The second kappa shape index (κ2) is 7.24. The minimum Gasteiger partial charge on any atom is -0.309 e. The highest BCUT2D eigenvalue weighted by molar-refractivity contribution is 7.09. The molecule has 0 saturated carbocycles. The summed E-state index contributed by atoms with van der Waals surface area (Å²) in [5, 5.41) is 14.1. The van der Waals surface area contributed by atoms with Gasteiger partial charge in [-0.2, -0.15) is 5.26 Å². The van der Waals surface area contributed by atoms with E-state index in [1.165, 1.54) is 29.7 Å². The second-order valence-corrected chi connectivity index (χ2v) is 5.36. The maximum absolute atomic E-state index is 12.0. The predicted molar refractivity (Wildman–Crippen MR) is 82.9 cm³/mol. The first kappa shape index (κ1) is 15.5. The average Bonchev–Trinajstić information content (AvgIpc) is 2.92. The van der Waals surface area contributed by atoms with Crippen LogP contribution >= 0.6 is 11.3 Å². The first-order valence-corrected chi connectivity index (χ1v) is 7.23. The summed E-state index contributed by atoms with van der Waals surface area (Å²) in [5.74, 6) is -2.43. The van der Waals surface area contributed by atoms with Crippen molar-refractivity contribution in [3.05, 3.63) is 46.6 Å². The third kappa shape index (κ3) is 4.07. The highest BCUT2D eigenvalue weighted by Gasteiger charge is 2.24. The van der Waals surface area contributed by atoms with Gasteiger partial charge in [0.05, 0.1) is 16.8 Å². The number of aryl methyl sites for hydroxylation is 1. The van der Waals surface area contributed by atoms with E-state index in [1.807, 2.05) is 6.92 Å². The number of hydrogen-bond donors (Lipinski definition) is 1. The highest BCUT2D eigenvalue weighted by Crippen LogP contribution is 2.11. The van der Waals surface area contributed by atoms with Gasteiger partial charge in [0.1, 0.15) is 5.82 Å². The number of thiazole rings is 1. The summed E-state index contributed by atoms with van der Waals surface area (Å²) in [4.78, 5) is 32.0. The Balaban J connectivity index is 2.04. The monoisotopic (exact) mass is 312 g/mol. The molecule has 0 saturated heterocycles. The Morgan fingerprint density at radius 3 is 2.86 bits per heavy atom. The number of carbonyl (C=O) groups excluding carboxylic acids is 2. The Morgan fingerprint density at radius 1 is 1.45 bits per heavy atom. The third-order valence-corrected chi connectivity index (χ3v) is 3.44. The molecule has 0 bridgehead atoms. The molecule has 2 aromatic rings. The zero-order valence-corrected chi connectivity index (χ0v) is 12.5. The smallest absolute Gasteiger partial charge is 0.250 e. The topological polar surface area (TPSA) is 95.7 Å². The van der Waals surface area contributed by atoms with Crippen LogP contribution in [-0.4, -0.2) is 21.7 Å². The first-order chi connectivity index (χ1) is 10.6. The van der Waals surface area contributed by atoms with Gasteiger partial charge in [0.25, 0.3) is 5.91 Å². The minimum atomic E-state index is -1.42. The molecule has 0 aliphatic heterocycles. The van der Waals surface area contributed by atoms with Crippen molar-refractivity contribution in [1.29, 1.82) is 5.26 Å². The molecule has 2 aromatic heterocycles. The lowest BCUT2D eigenvalue weighted by atomic mass is 10.0. The minimum absolute atomic E-state index is 0.291. The average molecular weight is 312 g/mol. The number of anilines is 1. The lowest BCUT2D eigenvalue weighted by molar-refractivity contribution is -0.126. The second-order valence-electron chi connectivity index (χ2n) is 4.29. The van der Waals surface area contributed by atoms with Crippen molar-refractivity contribution in [3.8, 4) is 6.07 Å². The summed E-state index contributed by atoms with van der Waals surface area (Å²) in [7, 11) is 0. The van der Waals surface area contributed by atoms with E-state index in [0.717, 1.165) is 5.01 Å². The van der Waals surface area contributed by atoms with Crippen LogP contribution in [0.1, 0.15) is 10.7 Å². The standard InChI is InChI=1S/C15H12N4O2S/c1-10-18-11(9-22-10)5-6-13(20)12(8-16)15(21)19-14-4-2-3-7-17-14/h2-7,9,12H,1H3,(H,17,19,21)/b6-5-/t12-/m1/s1. The van der Waals surface area contributed by atoms with E-state index in [-0.39, 0.29) is 0 Å². The molecule has 6 nitrogen and oxygen atoms in total. The molecule has 0 radical (unpaired) electrons. The van der Waals surface area contributed by atoms with Crippen LogP contribution in [0.3, 0.4) is 0 Å². The van der Waals surface area contributed by atoms with Crippen molar-refractivity contribution < 1.29 is 9.59 Å². The number of ketones is 1. The lowest BCUT2D eigenvalue weighted by Gasteiger charge is -2.06. The molecule has 1 atom stereocenters. The normalized spacial score (nSPS) is 11.8. The fourth-order valence-electron chi connectivity index (χ4n) is 1.61. The molecule has 0 unspecified atom stereocenters. The van der Waals surface area contributed by atoms with Crippen molar-refractivity contribution in [2.75, 3.05) is 5.32 Å². The van der Waals surface area contributed by atoms with Crippen molar-refractivity contribution in [2.24, 2.45) is 5.92 Å². The Morgan fingerprint density at radius 2 is 2.27 bits per heavy atom.